The Morgan fingerprint density at radius 2 is 2.20 bits per heavy atom. The second-order valence-corrected chi connectivity index (χ2v) is 3.62. The first-order chi connectivity index (χ1) is 4.81. The summed E-state index contributed by atoms with van der Waals surface area (Å²) >= 11 is 1.88. The summed E-state index contributed by atoms with van der Waals surface area (Å²) in [6, 6.07) is 0. The molecule has 0 aliphatic heterocycles. The average Bonchev–Trinajstić information content (AvgIpc) is 1.89. The molecule has 0 aromatic carbocycles. The van der Waals surface area contributed by atoms with Crippen molar-refractivity contribution in [1.29, 1.82) is 0 Å². The van der Waals surface area contributed by atoms with E-state index in [-0.39, 0.29) is 0 Å². The second-order valence-electron chi connectivity index (χ2n) is 2.33. The summed E-state index contributed by atoms with van der Waals surface area (Å²) in [6.45, 7) is 3.97. The number of nitrogens with two attached hydrogens (primary N) is 1. The van der Waals surface area contributed by atoms with Crippen LogP contribution in [0.15, 0.2) is 0 Å². The van der Waals surface area contributed by atoms with Crippen molar-refractivity contribution in [3.05, 3.63) is 0 Å². The number of rotatable bonds is 6. The zero-order chi connectivity index (χ0) is 7.82. The van der Waals surface area contributed by atoms with Gasteiger partial charge in [-0.25, -0.2) is 0 Å². The standard InChI is InChI=1S/C7H18N2S/c1-3-4-7-10-9(2)6-5-8/h3-8H2,1-2H3. The third-order valence-electron chi connectivity index (χ3n) is 1.25. The third-order valence-corrected chi connectivity index (χ3v) is 2.35. The summed E-state index contributed by atoms with van der Waals surface area (Å²) in [6.07, 6.45) is 2.59. The van der Waals surface area contributed by atoms with Crippen molar-refractivity contribution in [3.8, 4) is 0 Å². The van der Waals surface area contributed by atoms with Crippen LogP contribution in [0.25, 0.3) is 0 Å². The molecule has 0 aromatic heterocycles. The molecule has 0 bridgehead atoms. The molecule has 3 heteroatoms. The topological polar surface area (TPSA) is 29.3 Å². The Balaban J connectivity index is 2.97. The molecule has 10 heavy (non-hydrogen) atoms. The van der Waals surface area contributed by atoms with Crippen LogP contribution in [0.4, 0.5) is 0 Å². The van der Waals surface area contributed by atoms with Crippen molar-refractivity contribution < 1.29 is 0 Å². The fraction of sp³-hybridized carbons (Fsp3) is 1.00. The fourth-order valence-corrected chi connectivity index (χ4v) is 1.58. The molecular weight excluding hydrogens is 144 g/mol. The van der Waals surface area contributed by atoms with Gasteiger partial charge in [0.05, 0.1) is 0 Å². The van der Waals surface area contributed by atoms with Crippen LogP contribution in [0, 0.1) is 0 Å². The molecule has 0 unspecified atom stereocenters. The molecule has 0 fully saturated rings. The van der Waals surface area contributed by atoms with Gasteiger partial charge in [-0.05, 0) is 13.5 Å². The van der Waals surface area contributed by atoms with E-state index in [1.165, 1.54) is 18.6 Å². The summed E-state index contributed by atoms with van der Waals surface area (Å²) in [5.41, 5.74) is 5.38. The fourth-order valence-electron chi connectivity index (χ4n) is 0.611. The van der Waals surface area contributed by atoms with Gasteiger partial charge in [0.2, 0.25) is 0 Å². The van der Waals surface area contributed by atoms with E-state index in [2.05, 4.69) is 18.3 Å². The Morgan fingerprint density at radius 1 is 1.50 bits per heavy atom. The lowest BCUT2D eigenvalue weighted by Crippen LogP contribution is -2.19. The van der Waals surface area contributed by atoms with Crippen LogP contribution in [0.2, 0.25) is 0 Å². The lowest BCUT2D eigenvalue weighted by Gasteiger charge is -2.12. The summed E-state index contributed by atoms with van der Waals surface area (Å²) in [5, 5.41) is 0. The van der Waals surface area contributed by atoms with Crippen LogP contribution in [-0.4, -0.2) is 30.2 Å². The van der Waals surface area contributed by atoms with Crippen LogP contribution in [-0.2, 0) is 0 Å². The van der Waals surface area contributed by atoms with E-state index in [0.717, 1.165) is 13.1 Å². The highest BCUT2D eigenvalue weighted by atomic mass is 32.2. The molecule has 0 atom stereocenters. The minimum atomic E-state index is 0.760. The van der Waals surface area contributed by atoms with E-state index >= 15 is 0 Å². The Hall–Kier alpha value is 0.270. The normalized spacial score (nSPS) is 10.8. The van der Waals surface area contributed by atoms with Crippen LogP contribution >= 0.6 is 11.9 Å². The van der Waals surface area contributed by atoms with Crippen molar-refractivity contribution in [2.45, 2.75) is 19.8 Å². The van der Waals surface area contributed by atoms with Crippen LogP contribution in [0.3, 0.4) is 0 Å². The third kappa shape index (κ3) is 6.39. The summed E-state index contributed by atoms with van der Waals surface area (Å²) in [5.74, 6) is 1.23. The van der Waals surface area contributed by atoms with Gasteiger partial charge in [0, 0.05) is 18.8 Å². The minimum Gasteiger partial charge on any atom is -0.329 e. The Bertz CT molecular complexity index is 68.6. The molecule has 0 radical (unpaired) electrons. The lowest BCUT2D eigenvalue weighted by atomic mass is 10.4. The molecule has 0 aliphatic rings. The van der Waals surface area contributed by atoms with Crippen molar-refractivity contribution in [1.82, 2.24) is 4.31 Å². The van der Waals surface area contributed by atoms with Gasteiger partial charge in [0.15, 0.2) is 0 Å². The first-order valence-corrected chi connectivity index (χ1v) is 4.79. The number of likely N-dealkylation sites (N-methyl/N-ethyl adjacent to an activating group) is 1. The van der Waals surface area contributed by atoms with Gasteiger partial charge in [0.1, 0.15) is 0 Å². The van der Waals surface area contributed by atoms with E-state index in [1.807, 2.05) is 11.9 Å². The molecule has 0 amide bonds. The summed E-state index contributed by atoms with van der Waals surface area (Å²) < 4.78 is 2.20. The Morgan fingerprint density at radius 3 is 2.70 bits per heavy atom. The molecule has 0 heterocycles. The maximum Gasteiger partial charge on any atom is 0.0209 e. The smallest absolute Gasteiger partial charge is 0.0209 e. The van der Waals surface area contributed by atoms with Gasteiger partial charge in [-0.1, -0.05) is 25.3 Å². The van der Waals surface area contributed by atoms with Gasteiger partial charge in [-0.15, -0.1) is 0 Å². The molecule has 0 spiro atoms. The second kappa shape index (κ2) is 7.38. The van der Waals surface area contributed by atoms with Gasteiger partial charge in [-0.3, -0.25) is 4.31 Å². The maximum absolute atomic E-state index is 5.38. The molecule has 2 N–H and O–H groups in total. The number of hydrogen-bond donors (Lipinski definition) is 1. The first-order valence-electron chi connectivity index (χ1n) is 3.85. The van der Waals surface area contributed by atoms with Gasteiger partial charge in [0.25, 0.3) is 0 Å². The highest BCUT2D eigenvalue weighted by Crippen LogP contribution is 2.07. The highest BCUT2D eigenvalue weighted by molar-refractivity contribution is 7.96. The van der Waals surface area contributed by atoms with Gasteiger partial charge < -0.3 is 5.73 Å². The quantitative estimate of drug-likeness (QED) is 0.472. The van der Waals surface area contributed by atoms with Crippen LogP contribution < -0.4 is 5.73 Å². The van der Waals surface area contributed by atoms with E-state index in [4.69, 9.17) is 5.73 Å². The molecule has 0 saturated heterocycles. The van der Waals surface area contributed by atoms with Crippen molar-refractivity contribution >= 4 is 11.9 Å². The predicted molar refractivity (Wildman–Crippen MR) is 49.1 cm³/mol. The molecular formula is C7H18N2S. The molecule has 0 aliphatic carbocycles. The van der Waals surface area contributed by atoms with Crippen molar-refractivity contribution in [2.75, 3.05) is 25.9 Å². The van der Waals surface area contributed by atoms with Crippen molar-refractivity contribution in [3.63, 3.8) is 0 Å². The maximum atomic E-state index is 5.38. The highest BCUT2D eigenvalue weighted by Gasteiger charge is 1.94. The van der Waals surface area contributed by atoms with E-state index in [9.17, 15) is 0 Å². The number of hydrogen-bond acceptors (Lipinski definition) is 3. The van der Waals surface area contributed by atoms with Crippen LogP contribution in [0.5, 0.6) is 0 Å². The van der Waals surface area contributed by atoms with E-state index in [0.29, 0.717) is 0 Å². The largest absolute Gasteiger partial charge is 0.329 e. The average molecular weight is 162 g/mol. The molecule has 0 rings (SSSR count). The zero-order valence-electron chi connectivity index (χ0n) is 6.97. The lowest BCUT2D eigenvalue weighted by molar-refractivity contribution is 0.575. The number of unbranched alkanes of at least 4 members (excludes halogenated alkanes) is 1. The molecule has 0 saturated carbocycles. The van der Waals surface area contributed by atoms with E-state index < -0.39 is 0 Å². The van der Waals surface area contributed by atoms with Gasteiger partial charge in [-0.2, -0.15) is 0 Å². The number of nitrogens with zero attached hydrogens (tertiary/aromatic N) is 1. The monoisotopic (exact) mass is 162 g/mol. The Labute approximate surface area is 68.3 Å². The molecule has 2 nitrogen and oxygen atoms in total. The Kier molecular flexibility index (Phi) is 7.58. The summed E-state index contributed by atoms with van der Waals surface area (Å²) in [7, 11) is 2.09. The van der Waals surface area contributed by atoms with E-state index in [1.54, 1.807) is 0 Å². The van der Waals surface area contributed by atoms with Gasteiger partial charge >= 0.3 is 0 Å². The molecule has 62 valence electrons. The SMILES string of the molecule is CCCCSN(C)CCN. The predicted octanol–water partition coefficient (Wildman–Crippen LogP) is 1.33. The zero-order valence-corrected chi connectivity index (χ0v) is 7.78. The first kappa shape index (κ1) is 10.3. The molecule has 0 aromatic rings. The minimum absolute atomic E-state index is 0.760. The summed E-state index contributed by atoms with van der Waals surface area (Å²) in [4.78, 5) is 0. The van der Waals surface area contributed by atoms with Crippen molar-refractivity contribution in [2.24, 2.45) is 5.73 Å². The van der Waals surface area contributed by atoms with Crippen LogP contribution in [0.1, 0.15) is 19.8 Å².